The molecule has 4 aliphatic rings. The summed E-state index contributed by atoms with van der Waals surface area (Å²) in [6.45, 7) is 2.25. The highest BCUT2D eigenvalue weighted by atomic mass is 35.5. The number of fused-ring (bicyclic) bond motifs is 4. The van der Waals surface area contributed by atoms with Crippen molar-refractivity contribution < 1.29 is 24.3 Å². The van der Waals surface area contributed by atoms with Crippen LogP contribution in [0.15, 0.2) is 35.9 Å². The van der Waals surface area contributed by atoms with Gasteiger partial charge in [0.15, 0.2) is 9.75 Å². The zero-order valence-corrected chi connectivity index (χ0v) is 19.8. The topological polar surface area (TPSA) is 95.0 Å². The number of carbonyl (C=O) groups is 4. The van der Waals surface area contributed by atoms with Gasteiger partial charge in [-0.25, -0.2) is 0 Å². The van der Waals surface area contributed by atoms with Crippen LogP contribution in [0.4, 0.5) is 0 Å². The third-order valence-corrected chi connectivity index (χ3v) is 9.19. The number of phenolic OH excluding ortho intramolecular Hbond substituents is 1. The van der Waals surface area contributed by atoms with Crippen molar-refractivity contribution in [2.24, 2.45) is 17.8 Å². The molecule has 2 aliphatic carbocycles. The fourth-order valence-corrected chi connectivity index (χ4v) is 7.31. The molecule has 0 aromatic heterocycles. The van der Waals surface area contributed by atoms with E-state index in [1.807, 2.05) is 13.0 Å². The van der Waals surface area contributed by atoms with Crippen molar-refractivity contribution in [3.63, 3.8) is 0 Å². The van der Waals surface area contributed by atoms with Crippen LogP contribution < -0.4 is 0 Å². The van der Waals surface area contributed by atoms with Crippen LogP contribution in [-0.2, 0) is 19.2 Å². The lowest BCUT2D eigenvalue weighted by atomic mass is 9.56. The number of benzene rings is 1. The molecule has 0 bridgehead atoms. The molecule has 9 heteroatoms. The van der Waals surface area contributed by atoms with Crippen molar-refractivity contribution >= 4 is 46.8 Å². The fraction of sp³-hybridized carbons (Fsp3) is 0.500. The van der Waals surface area contributed by atoms with Crippen molar-refractivity contribution in [3.8, 4) is 5.75 Å². The number of imide groups is 2. The predicted molar refractivity (Wildman–Crippen MR) is 121 cm³/mol. The van der Waals surface area contributed by atoms with Crippen LogP contribution in [-0.4, -0.2) is 61.9 Å². The van der Waals surface area contributed by atoms with Gasteiger partial charge in [0.25, 0.3) is 11.8 Å². The molecular weight excluding hydrogens is 467 g/mol. The summed E-state index contributed by atoms with van der Waals surface area (Å²) < 4.78 is 0. The quantitative estimate of drug-likeness (QED) is 0.399. The number of nitrogens with zero attached hydrogens (tertiary/aromatic N) is 2. The molecule has 0 radical (unpaired) electrons. The Morgan fingerprint density at radius 1 is 1.03 bits per heavy atom. The molecule has 33 heavy (non-hydrogen) atoms. The van der Waals surface area contributed by atoms with Crippen molar-refractivity contribution in [1.82, 2.24) is 9.80 Å². The Morgan fingerprint density at radius 3 is 2.33 bits per heavy atom. The van der Waals surface area contributed by atoms with Gasteiger partial charge < -0.3 is 5.11 Å². The largest absolute Gasteiger partial charge is 0.508 e. The summed E-state index contributed by atoms with van der Waals surface area (Å²) in [5.41, 5.74) is 1.37. The average Bonchev–Trinajstić information content (AvgIpc) is 3.10. The van der Waals surface area contributed by atoms with E-state index in [1.165, 1.54) is 24.1 Å². The highest BCUT2D eigenvalue weighted by Gasteiger charge is 2.75. The van der Waals surface area contributed by atoms with E-state index in [-0.39, 0.29) is 24.0 Å². The van der Waals surface area contributed by atoms with Gasteiger partial charge >= 0.3 is 0 Å². The summed E-state index contributed by atoms with van der Waals surface area (Å²) in [6.07, 6.45) is 2.91. The van der Waals surface area contributed by atoms with Crippen molar-refractivity contribution in [2.45, 2.75) is 41.9 Å². The maximum atomic E-state index is 13.4. The van der Waals surface area contributed by atoms with E-state index < -0.39 is 45.2 Å². The van der Waals surface area contributed by atoms with Crippen molar-refractivity contribution in [1.29, 1.82) is 0 Å². The van der Waals surface area contributed by atoms with Crippen molar-refractivity contribution in [2.75, 3.05) is 13.6 Å². The minimum absolute atomic E-state index is 0.00641. The van der Waals surface area contributed by atoms with Gasteiger partial charge in [-0.05, 0) is 42.9 Å². The molecule has 1 aromatic carbocycles. The monoisotopic (exact) mass is 490 g/mol. The second-order valence-electron chi connectivity index (χ2n) is 9.42. The molecule has 2 aliphatic heterocycles. The Morgan fingerprint density at radius 2 is 1.70 bits per heavy atom. The van der Waals surface area contributed by atoms with Crippen LogP contribution >= 0.6 is 23.2 Å². The second kappa shape index (κ2) is 7.31. The van der Waals surface area contributed by atoms with Crippen LogP contribution in [0.25, 0.3) is 0 Å². The molecule has 4 amide bonds. The number of aromatic hydroxyl groups is 1. The summed E-state index contributed by atoms with van der Waals surface area (Å²) in [7, 11) is 1.36. The highest BCUT2D eigenvalue weighted by molar-refractivity contribution is 6.53. The Hall–Kier alpha value is -2.38. The van der Waals surface area contributed by atoms with E-state index in [0.717, 1.165) is 10.5 Å². The minimum atomic E-state index is -1.79. The number of likely N-dealkylation sites (tertiary alicyclic amines) is 2. The Balaban J connectivity index is 1.70. The SMILES string of the molecule is CCCN1C(=O)C2CC=C3C(CC4(Cl)C(=O)N(C)C(=O)C4(Cl)C3c3ccc(O)cc3)C2C1=O. The normalized spacial score (nSPS) is 37.8. The van der Waals surface area contributed by atoms with E-state index in [2.05, 4.69) is 0 Å². The van der Waals surface area contributed by atoms with Gasteiger partial charge in [0.05, 0.1) is 11.8 Å². The molecule has 3 fully saturated rings. The van der Waals surface area contributed by atoms with Crippen LogP contribution in [0.2, 0.25) is 0 Å². The lowest BCUT2D eigenvalue weighted by Gasteiger charge is -2.50. The molecular formula is C24H24Cl2N2O5. The van der Waals surface area contributed by atoms with Gasteiger partial charge in [-0.3, -0.25) is 29.0 Å². The van der Waals surface area contributed by atoms with Crippen molar-refractivity contribution in [3.05, 3.63) is 41.5 Å². The molecule has 1 N–H and O–H groups in total. The molecule has 2 saturated heterocycles. The standard InChI is InChI=1S/C24H24Cl2N2O5/c1-3-10-28-19(30)15-9-8-14-16(17(15)20(28)31)11-23(25)21(32)27(2)22(33)24(23,26)18(14)12-4-6-13(29)7-5-12/h4-8,15-18,29H,3,9-11H2,1-2H3. The van der Waals surface area contributed by atoms with Crippen LogP contribution in [0, 0.1) is 17.8 Å². The lowest BCUT2D eigenvalue weighted by Crippen LogP contribution is -2.60. The van der Waals surface area contributed by atoms with Crippen LogP contribution in [0.5, 0.6) is 5.75 Å². The first-order valence-corrected chi connectivity index (χ1v) is 11.9. The summed E-state index contributed by atoms with van der Waals surface area (Å²) in [4.78, 5) is 51.7. The molecule has 174 valence electrons. The van der Waals surface area contributed by atoms with E-state index in [9.17, 15) is 24.3 Å². The summed E-state index contributed by atoms with van der Waals surface area (Å²) in [5.74, 6) is -4.04. The third-order valence-electron chi connectivity index (χ3n) is 7.78. The smallest absolute Gasteiger partial charge is 0.253 e. The maximum absolute atomic E-state index is 13.4. The number of carbonyl (C=O) groups excluding carboxylic acids is 4. The first-order chi connectivity index (χ1) is 15.6. The first-order valence-electron chi connectivity index (χ1n) is 11.1. The highest BCUT2D eigenvalue weighted by Crippen LogP contribution is 2.65. The summed E-state index contributed by atoms with van der Waals surface area (Å²) in [5, 5.41) is 9.80. The maximum Gasteiger partial charge on any atom is 0.253 e. The van der Waals surface area contributed by atoms with Gasteiger partial charge in [0.1, 0.15) is 5.75 Å². The van der Waals surface area contributed by atoms with E-state index in [0.29, 0.717) is 24.9 Å². The third kappa shape index (κ3) is 2.69. The lowest BCUT2D eigenvalue weighted by molar-refractivity contribution is -0.141. The van der Waals surface area contributed by atoms with Crippen LogP contribution in [0.1, 0.15) is 37.7 Å². The van der Waals surface area contributed by atoms with E-state index in [4.69, 9.17) is 23.2 Å². The number of phenols is 1. The average molecular weight is 491 g/mol. The Kier molecular flexibility index (Phi) is 4.96. The predicted octanol–water partition coefficient (Wildman–Crippen LogP) is 2.79. The van der Waals surface area contributed by atoms with Gasteiger partial charge in [-0.2, -0.15) is 0 Å². The molecule has 6 atom stereocenters. The van der Waals surface area contributed by atoms with E-state index >= 15 is 0 Å². The Bertz CT molecular complexity index is 1120. The second-order valence-corrected chi connectivity index (χ2v) is 10.7. The van der Waals surface area contributed by atoms with E-state index in [1.54, 1.807) is 12.1 Å². The number of alkyl halides is 2. The molecule has 2 heterocycles. The number of rotatable bonds is 3. The molecule has 5 rings (SSSR count). The fourth-order valence-electron chi connectivity index (χ4n) is 6.29. The molecule has 1 aromatic rings. The van der Waals surface area contributed by atoms with Gasteiger partial charge in [-0.15, -0.1) is 23.2 Å². The molecule has 6 unspecified atom stereocenters. The zero-order valence-electron chi connectivity index (χ0n) is 18.3. The first kappa shape index (κ1) is 22.4. The summed E-state index contributed by atoms with van der Waals surface area (Å²) >= 11 is 14.1. The van der Waals surface area contributed by atoms with Crippen LogP contribution in [0.3, 0.4) is 0 Å². The number of allylic oxidation sites excluding steroid dienone is 2. The minimum Gasteiger partial charge on any atom is -0.508 e. The van der Waals surface area contributed by atoms with Gasteiger partial charge in [0.2, 0.25) is 11.8 Å². The van der Waals surface area contributed by atoms with Gasteiger partial charge in [-0.1, -0.05) is 30.7 Å². The zero-order chi connectivity index (χ0) is 23.9. The number of halogens is 2. The summed E-state index contributed by atoms with van der Waals surface area (Å²) in [6, 6.07) is 6.27. The molecule has 1 saturated carbocycles. The molecule has 0 spiro atoms. The number of hydrogen-bond acceptors (Lipinski definition) is 5. The number of amides is 4. The number of hydrogen-bond donors (Lipinski definition) is 1. The molecule has 7 nitrogen and oxygen atoms in total. The Labute approximate surface area is 201 Å². The van der Waals surface area contributed by atoms with Gasteiger partial charge in [0, 0.05) is 19.5 Å².